The molecule has 0 unspecified atom stereocenters. The van der Waals surface area contributed by atoms with E-state index >= 15 is 0 Å². The van der Waals surface area contributed by atoms with Gasteiger partial charge in [0.2, 0.25) is 0 Å². The molecular formula is C15H12BrN3O. The number of amides is 1. The molecule has 0 bridgehead atoms. The van der Waals surface area contributed by atoms with Crippen LogP contribution in [0.2, 0.25) is 0 Å². The summed E-state index contributed by atoms with van der Waals surface area (Å²) in [5.41, 5.74) is 8.17. The maximum absolute atomic E-state index is 12.0. The molecule has 20 heavy (non-hydrogen) atoms. The fraction of sp³-hybridized carbons (Fsp3) is 0.0667. The zero-order valence-corrected chi connectivity index (χ0v) is 12.1. The second-order valence-corrected chi connectivity index (χ2v) is 5.14. The lowest BCUT2D eigenvalue weighted by molar-refractivity contribution is 0.0951. The highest BCUT2D eigenvalue weighted by Gasteiger charge is 2.09. The van der Waals surface area contributed by atoms with Crippen LogP contribution in [0.1, 0.15) is 21.5 Å². The molecule has 0 radical (unpaired) electrons. The number of nitrogen functional groups attached to an aromatic ring is 1. The Hall–Kier alpha value is -2.32. The minimum atomic E-state index is -0.229. The summed E-state index contributed by atoms with van der Waals surface area (Å²) in [6, 6.07) is 14.3. The molecule has 0 heterocycles. The molecule has 5 heteroatoms. The van der Waals surface area contributed by atoms with Gasteiger partial charge in [0.15, 0.2) is 0 Å². The summed E-state index contributed by atoms with van der Waals surface area (Å²) in [5, 5.41) is 11.5. The molecule has 2 rings (SSSR count). The number of carbonyl (C=O) groups is 1. The Labute approximate surface area is 125 Å². The van der Waals surface area contributed by atoms with Crippen molar-refractivity contribution in [2.75, 3.05) is 5.73 Å². The van der Waals surface area contributed by atoms with Crippen LogP contribution in [0.5, 0.6) is 0 Å². The van der Waals surface area contributed by atoms with Crippen molar-refractivity contribution in [1.82, 2.24) is 5.32 Å². The Morgan fingerprint density at radius 2 is 1.95 bits per heavy atom. The molecule has 0 aliphatic rings. The number of hydrogen-bond donors (Lipinski definition) is 2. The normalized spacial score (nSPS) is 9.80. The predicted octanol–water partition coefficient (Wildman–Crippen LogP) is 2.83. The monoisotopic (exact) mass is 329 g/mol. The van der Waals surface area contributed by atoms with E-state index in [-0.39, 0.29) is 5.91 Å². The molecule has 0 aliphatic heterocycles. The van der Waals surface area contributed by atoms with E-state index in [0.29, 0.717) is 23.4 Å². The molecule has 0 fully saturated rings. The second-order valence-electron chi connectivity index (χ2n) is 4.22. The number of nitrogens with two attached hydrogens (primary N) is 1. The minimum Gasteiger partial charge on any atom is -0.398 e. The Morgan fingerprint density at radius 1 is 1.25 bits per heavy atom. The van der Waals surface area contributed by atoms with E-state index < -0.39 is 0 Å². The Kier molecular flexibility index (Phi) is 4.38. The van der Waals surface area contributed by atoms with Crippen molar-refractivity contribution in [2.45, 2.75) is 6.54 Å². The molecule has 0 atom stereocenters. The summed E-state index contributed by atoms with van der Waals surface area (Å²) in [4.78, 5) is 12.0. The van der Waals surface area contributed by atoms with Crippen LogP contribution in [0.3, 0.4) is 0 Å². The van der Waals surface area contributed by atoms with Crippen molar-refractivity contribution < 1.29 is 4.79 Å². The third-order valence-electron chi connectivity index (χ3n) is 2.80. The molecule has 2 aromatic carbocycles. The van der Waals surface area contributed by atoms with E-state index in [2.05, 4.69) is 21.2 Å². The molecule has 0 saturated heterocycles. The van der Waals surface area contributed by atoms with Crippen LogP contribution < -0.4 is 11.1 Å². The van der Waals surface area contributed by atoms with E-state index in [0.717, 1.165) is 10.0 Å². The molecule has 4 nitrogen and oxygen atoms in total. The van der Waals surface area contributed by atoms with Gasteiger partial charge in [0, 0.05) is 16.7 Å². The lowest BCUT2D eigenvalue weighted by atomic mass is 10.1. The van der Waals surface area contributed by atoms with Gasteiger partial charge in [-0.1, -0.05) is 28.1 Å². The maximum atomic E-state index is 12.0. The van der Waals surface area contributed by atoms with Crippen molar-refractivity contribution >= 4 is 27.5 Å². The van der Waals surface area contributed by atoms with Gasteiger partial charge in [0.1, 0.15) is 0 Å². The van der Waals surface area contributed by atoms with Crippen LogP contribution >= 0.6 is 15.9 Å². The average molecular weight is 330 g/mol. The predicted molar refractivity (Wildman–Crippen MR) is 80.9 cm³/mol. The average Bonchev–Trinajstić information content (AvgIpc) is 2.47. The van der Waals surface area contributed by atoms with Gasteiger partial charge in [-0.05, 0) is 35.9 Å². The Morgan fingerprint density at radius 3 is 2.60 bits per heavy atom. The topological polar surface area (TPSA) is 78.9 Å². The third-order valence-corrected chi connectivity index (χ3v) is 3.29. The number of nitriles is 1. The summed E-state index contributed by atoms with van der Waals surface area (Å²) in [6.45, 7) is 0.385. The van der Waals surface area contributed by atoms with Gasteiger partial charge < -0.3 is 11.1 Å². The number of hydrogen-bond acceptors (Lipinski definition) is 3. The molecule has 100 valence electrons. The lowest BCUT2D eigenvalue weighted by Crippen LogP contribution is -2.23. The first-order valence-corrected chi connectivity index (χ1v) is 6.71. The van der Waals surface area contributed by atoms with Crippen LogP contribution in [-0.4, -0.2) is 5.91 Å². The first-order valence-electron chi connectivity index (χ1n) is 5.92. The summed E-state index contributed by atoms with van der Waals surface area (Å²) in [7, 11) is 0. The molecule has 0 aromatic heterocycles. The summed E-state index contributed by atoms with van der Waals surface area (Å²) >= 11 is 3.31. The number of nitrogens with zero attached hydrogens (tertiary/aromatic N) is 1. The minimum absolute atomic E-state index is 0.229. The first-order chi connectivity index (χ1) is 9.60. The first kappa shape index (κ1) is 14.1. The van der Waals surface area contributed by atoms with Crippen molar-refractivity contribution in [3.05, 3.63) is 63.6 Å². The molecule has 0 aliphatic carbocycles. The van der Waals surface area contributed by atoms with Crippen LogP contribution in [0.4, 0.5) is 5.69 Å². The standard InChI is InChI=1S/C15H12BrN3O/c16-12-5-6-14(18)13(7-12)15(20)19-9-11-3-1-10(8-17)2-4-11/h1-7H,9,18H2,(H,19,20). The molecular weight excluding hydrogens is 318 g/mol. The SMILES string of the molecule is N#Cc1ccc(CNC(=O)c2cc(Br)ccc2N)cc1. The maximum Gasteiger partial charge on any atom is 0.253 e. The molecule has 0 saturated carbocycles. The smallest absolute Gasteiger partial charge is 0.253 e. The Bertz CT molecular complexity index is 675. The van der Waals surface area contributed by atoms with Crippen molar-refractivity contribution in [3.8, 4) is 6.07 Å². The van der Waals surface area contributed by atoms with Crippen LogP contribution in [0.25, 0.3) is 0 Å². The van der Waals surface area contributed by atoms with E-state index in [9.17, 15) is 4.79 Å². The van der Waals surface area contributed by atoms with Crippen LogP contribution in [-0.2, 0) is 6.54 Å². The third kappa shape index (κ3) is 3.37. The van der Waals surface area contributed by atoms with Gasteiger partial charge in [0.05, 0.1) is 17.2 Å². The highest BCUT2D eigenvalue weighted by molar-refractivity contribution is 9.10. The van der Waals surface area contributed by atoms with Crippen molar-refractivity contribution in [2.24, 2.45) is 0 Å². The number of halogens is 1. The molecule has 2 aromatic rings. The highest BCUT2D eigenvalue weighted by Crippen LogP contribution is 2.18. The van der Waals surface area contributed by atoms with Gasteiger partial charge in [0.25, 0.3) is 5.91 Å². The summed E-state index contributed by atoms with van der Waals surface area (Å²) < 4.78 is 0.801. The number of nitrogens with one attached hydrogen (secondary N) is 1. The van der Waals surface area contributed by atoms with Gasteiger partial charge in [-0.3, -0.25) is 4.79 Å². The second kappa shape index (κ2) is 6.22. The molecule has 0 spiro atoms. The Balaban J connectivity index is 2.04. The fourth-order valence-corrected chi connectivity index (χ4v) is 2.06. The summed E-state index contributed by atoms with van der Waals surface area (Å²) in [5.74, 6) is -0.229. The highest BCUT2D eigenvalue weighted by atomic mass is 79.9. The zero-order chi connectivity index (χ0) is 14.5. The van der Waals surface area contributed by atoms with Crippen LogP contribution in [0, 0.1) is 11.3 Å². The van der Waals surface area contributed by atoms with Gasteiger partial charge in [-0.25, -0.2) is 0 Å². The molecule has 3 N–H and O–H groups in total. The van der Waals surface area contributed by atoms with Crippen molar-refractivity contribution in [3.63, 3.8) is 0 Å². The van der Waals surface area contributed by atoms with Crippen LogP contribution in [0.15, 0.2) is 46.9 Å². The number of benzene rings is 2. The van der Waals surface area contributed by atoms with Crippen molar-refractivity contribution in [1.29, 1.82) is 5.26 Å². The van der Waals surface area contributed by atoms with E-state index in [4.69, 9.17) is 11.0 Å². The number of carbonyl (C=O) groups excluding carboxylic acids is 1. The van der Waals surface area contributed by atoms with Gasteiger partial charge in [-0.15, -0.1) is 0 Å². The number of rotatable bonds is 3. The quantitative estimate of drug-likeness (QED) is 0.850. The van der Waals surface area contributed by atoms with E-state index in [1.54, 1.807) is 30.3 Å². The zero-order valence-electron chi connectivity index (χ0n) is 10.6. The van der Waals surface area contributed by atoms with Gasteiger partial charge in [-0.2, -0.15) is 5.26 Å². The summed E-state index contributed by atoms with van der Waals surface area (Å²) in [6.07, 6.45) is 0. The molecule has 1 amide bonds. The van der Waals surface area contributed by atoms with E-state index in [1.165, 1.54) is 0 Å². The number of anilines is 1. The van der Waals surface area contributed by atoms with E-state index in [1.807, 2.05) is 18.2 Å². The van der Waals surface area contributed by atoms with Gasteiger partial charge >= 0.3 is 0 Å². The largest absolute Gasteiger partial charge is 0.398 e. The lowest BCUT2D eigenvalue weighted by Gasteiger charge is -2.08. The fourth-order valence-electron chi connectivity index (χ4n) is 1.70.